The predicted molar refractivity (Wildman–Crippen MR) is 54.8 cm³/mol. The maximum absolute atomic E-state index is 5.57. The zero-order valence-corrected chi connectivity index (χ0v) is 7.51. The molecule has 1 nitrogen and oxygen atoms in total. The lowest BCUT2D eigenvalue weighted by Crippen LogP contribution is -1.86. The molecule has 2 N–H and O–H groups in total. The van der Waals surface area contributed by atoms with Crippen molar-refractivity contribution < 1.29 is 0 Å². The maximum Gasteiger partial charge on any atom is 0.0314 e. The van der Waals surface area contributed by atoms with Gasteiger partial charge in [-0.1, -0.05) is 32.1 Å². The Labute approximate surface area is 73.9 Å². The van der Waals surface area contributed by atoms with E-state index >= 15 is 0 Å². The molecule has 0 bridgehead atoms. The van der Waals surface area contributed by atoms with Gasteiger partial charge in [0, 0.05) is 5.69 Å². The monoisotopic (exact) mass is 161 g/mol. The molecule has 1 aromatic carbocycles. The quantitative estimate of drug-likeness (QED) is 0.677. The van der Waals surface area contributed by atoms with Crippen LogP contribution < -0.4 is 5.73 Å². The van der Waals surface area contributed by atoms with Gasteiger partial charge in [-0.05, 0) is 29.7 Å². The smallest absolute Gasteiger partial charge is 0.0314 e. The molecule has 0 unspecified atom stereocenters. The molecular formula is C11H15N. The molecule has 12 heavy (non-hydrogen) atoms. The Morgan fingerprint density at radius 2 is 1.92 bits per heavy atom. The zero-order chi connectivity index (χ0) is 8.97. The number of nitrogen functional groups attached to an aromatic ring is 1. The van der Waals surface area contributed by atoms with Crippen LogP contribution in [-0.2, 0) is 0 Å². The lowest BCUT2D eigenvalue weighted by molar-refractivity contribution is 0.975. The molecule has 0 fully saturated rings. The first-order valence-electron chi connectivity index (χ1n) is 4.27. The first-order chi connectivity index (χ1) is 5.74. The van der Waals surface area contributed by atoms with Crippen molar-refractivity contribution in [2.75, 3.05) is 5.73 Å². The van der Waals surface area contributed by atoms with E-state index in [1.165, 1.54) is 11.1 Å². The fraction of sp³-hybridized carbons (Fsp3) is 0.273. The molecule has 0 radical (unpaired) electrons. The van der Waals surface area contributed by atoms with Gasteiger partial charge >= 0.3 is 0 Å². The summed E-state index contributed by atoms with van der Waals surface area (Å²) in [6, 6.07) is 7.87. The fourth-order valence-corrected chi connectivity index (χ4v) is 1.16. The van der Waals surface area contributed by atoms with Gasteiger partial charge in [0.1, 0.15) is 0 Å². The molecule has 64 valence electrons. The minimum atomic E-state index is 0.808. The number of nitrogens with two attached hydrogens (primary N) is 1. The molecule has 0 atom stereocenters. The maximum atomic E-state index is 5.57. The highest BCUT2D eigenvalue weighted by molar-refractivity contribution is 5.64. The number of hydrogen-bond acceptors (Lipinski definition) is 1. The second kappa shape index (κ2) is 3.96. The van der Waals surface area contributed by atoms with Crippen LogP contribution in [0.1, 0.15) is 25.3 Å². The van der Waals surface area contributed by atoms with Crippen molar-refractivity contribution in [3.05, 3.63) is 36.4 Å². The van der Waals surface area contributed by atoms with Gasteiger partial charge in [-0.3, -0.25) is 0 Å². The summed E-state index contributed by atoms with van der Waals surface area (Å²) < 4.78 is 0. The van der Waals surface area contributed by atoms with Gasteiger partial charge in [0.2, 0.25) is 0 Å². The summed E-state index contributed by atoms with van der Waals surface area (Å²) in [5.41, 5.74) is 8.77. The van der Waals surface area contributed by atoms with Gasteiger partial charge in [0.05, 0.1) is 0 Å². The minimum absolute atomic E-state index is 0.808. The van der Waals surface area contributed by atoms with Gasteiger partial charge in [-0.15, -0.1) is 0 Å². The van der Waals surface area contributed by atoms with Crippen LogP contribution in [0.4, 0.5) is 5.69 Å². The summed E-state index contributed by atoms with van der Waals surface area (Å²) in [5, 5.41) is 0. The summed E-state index contributed by atoms with van der Waals surface area (Å²) >= 11 is 0. The third kappa shape index (κ3) is 2.12. The summed E-state index contributed by atoms with van der Waals surface area (Å²) in [4.78, 5) is 0. The largest absolute Gasteiger partial charge is 0.399 e. The molecule has 0 spiro atoms. The van der Waals surface area contributed by atoms with E-state index < -0.39 is 0 Å². The van der Waals surface area contributed by atoms with Gasteiger partial charge < -0.3 is 5.73 Å². The third-order valence-corrected chi connectivity index (χ3v) is 1.87. The van der Waals surface area contributed by atoms with E-state index in [9.17, 15) is 0 Å². The number of rotatable bonds is 3. The molecule has 1 rings (SSSR count). The van der Waals surface area contributed by atoms with Crippen molar-refractivity contribution in [1.29, 1.82) is 0 Å². The van der Waals surface area contributed by atoms with E-state index in [-0.39, 0.29) is 0 Å². The van der Waals surface area contributed by atoms with Crippen LogP contribution in [0, 0.1) is 0 Å². The second-order valence-electron chi connectivity index (χ2n) is 2.98. The predicted octanol–water partition coefficient (Wildman–Crippen LogP) is 3.08. The standard InChI is InChI=1S/C11H15N/c1-3-4-9(2)10-5-7-11(12)8-6-10/h5-8H,2-4,12H2,1H3. The summed E-state index contributed by atoms with van der Waals surface area (Å²) in [6.07, 6.45) is 2.20. The summed E-state index contributed by atoms with van der Waals surface area (Å²) in [6.45, 7) is 6.16. The zero-order valence-electron chi connectivity index (χ0n) is 7.51. The van der Waals surface area contributed by atoms with Crippen LogP contribution >= 0.6 is 0 Å². The molecule has 0 aromatic heterocycles. The molecule has 0 aliphatic heterocycles. The highest BCUT2D eigenvalue weighted by Crippen LogP contribution is 2.18. The topological polar surface area (TPSA) is 26.0 Å². The summed E-state index contributed by atoms with van der Waals surface area (Å²) in [5.74, 6) is 0. The van der Waals surface area contributed by atoms with Crippen molar-refractivity contribution in [3.8, 4) is 0 Å². The summed E-state index contributed by atoms with van der Waals surface area (Å²) in [7, 11) is 0. The Balaban J connectivity index is 2.75. The minimum Gasteiger partial charge on any atom is -0.399 e. The van der Waals surface area contributed by atoms with Crippen molar-refractivity contribution in [3.63, 3.8) is 0 Å². The van der Waals surface area contributed by atoms with Gasteiger partial charge in [0.25, 0.3) is 0 Å². The van der Waals surface area contributed by atoms with Crippen molar-refractivity contribution in [1.82, 2.24) is 0 Å². The number of benzene rings is 1. The Morgan fingerprint density at radius 1 is 1.33 bits per heavy atom. The lowest BCUT2D eigenvalue weighted by Gasteiger charge is -2.03. The van der Waals surface area contributed by atoms with Crippen LogP contribution in [0.5, 0.6) is 0 Å². The Kier molecular flexibility index (Phi) is 2.92. The van der Waals surface area contributed by atoms with E-state index in [0.29, 0.717) is 0 Å². The van der Waals surface area contributed by atoms with E-state index in [2.05, 4.69) is 13.5 Å². The highest BCUT2D eigenvalue weighted by Gasteiger charge is 1.95. The first kappa shape index (κ1) is 8.85. The van der Waals surface area contributed by atoms with Crippen molar-refractivity contribution in [2.24, 2.45) is 0 Å². The van der Waals surface area contributed by atoms with E-state index in [1.807, 2.05) is 24.3 Å². The van der Waals surface area contributed by atoms with E-state index in [1.54, 1.807) is 0 Å². The number of hydrogen-bond donors (Lipinski definition) is 1. The van der Waals surface area contributed by atoms with Crippen molar-refractivity contribution in [2.45, 2.75) is 19.8 Å². The Bertz CT molecular complexity index is 259. The fourth-order valence-electron chi connectivity index (χ4n) is 1.16. The number of anilines is 1. The molecule has 1 aromatic rings. The molecule has 0 amide bonds. The van der Waals surface area contributed by atoms with Gasteiger partial charge in [-0.25, -0.2) is 0 Å². The molecule has 1 heteroatoms. The lowest BCUT2D eigenvalue weighted by atomic mass is 10.0. The Morgan fingerprint density at radius 3 is 2.42 bits per heavy atom. The average Bonchev–Trinajstić information content (AvgIpc) is 2.06. The average molecular weight is 161 g/mol. The van der Waals surface area contributed by atoms with E-state index in [4.69, 9.17) is 5.73 Å². The highest BCUT2D eigenvalue weighted by atomic mass is 14.5. The molecule has 0 aliphatic carbocycles. The molecule has 0 saturated carbocycles. The van der Waals surface area contributed by atoms with Crippen molar-refractivity contribution >= 4 is 11.3 Å². The van der Waals surface area contributed by atoms with Crippen LogP contribution in [0.2, 0.25) is 0 Å². The number of allylic oxidation sites excluding steroid dienone is 1. The third-order valence-electron chi connectivity index (χ3n) is 1.87. The molecule has 0 heterocycles. The van der Waals surface area contributed by atoms with Crippen LogP contribution in [-0.4, -0.2) is 0 Å². The van der Waals surface area contributed by atoms with Gasteiger partial charge in [-0.2, -0.15) is 0 Å². The van der Waals surface area contributed by atoms with Crippen LogP contribution in [0.15, 0.2) is 30.8 Å². The van der Waals surface area contributed by atoms with E-state index in [0.717, 1.165) is 18.5 Å². The van der Waals surface area contributed by atoms with Gasteiger partial charge in [0.15, 0.2) is 0 Å². The molecule has 0 aliphatic rings. The Hall–Kier alpha value is -1.24. The van der Waals surface area contributed by atoms with Crippen LogP contribution in [0.3, 0.4) is 0 Å². The van der Waals surface area contributed by atoms with Crippen LogP contribution in [0.25, 0.3) is 5.57 Å². The SMILES string of the molecule is C=C(CCC)c1ccc(N)cc1. The first-order valence-corrected chi connectivity index (χ1v) is 4.27. The molecular weight excluding hydrogens is 146 g/mol. The normalized spacial score (nSPS) is 9.75. The second-order valence-corrected chi connectivity index (χ2v) is 2.98. The molecule has 0 saturated heterocycles.